The van der Waals surface area contributed by atoms with Gasteiger partial charge in [0.1, 0.15) is 0 Å². The molecule has 0 saturated heterocycles. The van der Waals surface area contributed by atoms with Crippen LogP contribution in [0.15, 0.2) is 0 Å². The minimum Gasteiger partial charge on any atom is -0.870 e. The molecule has 0 spiro atoms. The quantitative estimate of drug-likeness (QED) is 0.556. The second-order valence-electron chi connectivity index (χ2n) is 2.33. The van der Waals surface area contributed by atoms with Gasteiger partial charge < -0.3 is 5.48 Å². The molecule has 0 unspecified atom stereocenters. The third kappa shape index (κ3) is 1.75. The van der Waals surface area contributed by atoms with Crippen molar-refractivity contribution in [2.24, 2.45) is 11.8 Å². The van der Waals surface area contributed by atoms with E-state index in [1.54, 1.807) is 0 Å². The van der Waals surface area contributed by atoms with Crippen molar-refractivity contribution in [3.05, 3.63) is 25.7 Å². The molecule has 2 bridgehead atoms. The number of rotatable bonds is 0. The van der Waals surface area contributed by atoms with Gasteiger partial charge in [0.2, 0.25) is 0 Å². The van der Waals surface area contributed by atoms with Gasteiger partial charge in [-0.2, -0.15) is 0 Å². The van der Waals surface area contributed by atoms with Gasteiger partial charge >= 0.3 is 0 Å². The average molecular weight is 212 g/mol. The molecule has 0 aliphatic heterocycles. The fourth-order valence-corrected chi connectivity index (χ4v) is 1.33. The molecule has 0 aromatic carbocycles. The van der Waals surface area contributed by atoms with E-state index in [-0.39, 0.29) is 25.0 Å². The molecule has 2 fully saturated rings. The minimum atomic E-state index is 0. The van der Waals surface area contributed by atoms with Crippen LogP contribution in [-0.4, -0.2) is 5.48 Å². The first-order valence-corrected chi connectivity index (χ1v) is 2.82. The second-order valence-corrected chi connectivity index (χ2v) is 2.33. The Kier molecular flexibility index (Phi) is 3.92. The van der Waals surface area contributed by atoms with Gasteiger partial charge in [0.25, 0.3) is 0 Å². The van der Waals surface area contributed by atoms with Crippen LogP contribution in [-0.2, 0) is 19.5 Å². The third-order valence-corrected chi connectivity index (χ3v) is 1.76. The van der Waals surface area contributed by atoms with Crippen LogP contribution < -0.4 is 0 Å². The first kappa shape index (κ1) is 9.58. The van der Waals surface area contributed by atoms with E-state index >= 15 is 0 Å². The maximum Gasteiger partial charge on any atom is 0 e. The molecule has 9 heavy (non-hydrogen) atoms. The summed E-state index contributed by atoms with van der Waals surface area (Å²) in [5.41, 5.74) is 0. The van der Waals surface area contributed by atoms with E-state index in [0.717, 1.165) is 11.8 Å². The fraction of sp³-hybridized carbons (Fsp3) is 0.429. The van der Waals surface area contributed by atoms with Crippen LogP contribution in [0.25, 0.3) is 0 Å². The number of hydrogen-bond acceptors (Lipinski definition) is 1. The van der Waals surface area contributed by atoms with E-state index in [2.05, 4.69) is 25.7 Å². The van der Waals surface area contributed by atoms with Crippen molar-refractivity contribution in [1.82, 2.24) is 0 Å². The molecule has 2 rings (SSSR count). The van der Waals surface area contributed by atoms with E-state index in [1.807, 2.05) is 0 Å². The van der Waals surface area contributed by atoms with Crippen molar-refractivity contribution in [3.63, 3.8) is 0 Å². The Labute approximate surface area is 69.3 Å². The molecule has 5 radical (unpaired) electrons. The van der Waals surface area contributed by atoms with E-state index in [1.165, 1.54) is 6.42 Å². The Hall–Kier alpha value is 0.583. The molecule has 1 N–H and O–H groups in total. The summed E-state index contributed by atoms with van der Waals surface area (Å²) >= 11 is 0. The monoisotopic (exact) mass is 212 g/mol. The summed E-state index contributed by atoms with van der Waals surface area (Å²) in [5, 5.41) is 0. The smallest absolute Gasteiger partial charge is 0 e. The summed E-state index contributed by atoms with van der Waals surface area (Å²) in [4.78, 5) is 0. The normalized spacial score (nSPS) is 37.3. The van der Waals surface area contributed by atoms with Gasteiger partial charge in [-0.1, -0.05) is 0 Å². The Bertz CT molecular complexity index is 67.0. The molecular formula is C7H9ORh-. The van der Waals surface area contributed by atoms with Gasteiger partial charge in [-0.05, 0) is 43.9 Å². The summed E-state index contributed by atoms with van der Waals surface area (Å²) < 4.78 is 0. The van der Waals surface area contributed by atoms with Gasteiger partial charge in [0.15, 0.2) is 0 Å². The first-order valence-electron chi connectivity index (χ1n) is 2.82. The summed E-state index contributed by atoms with van der Waals surface area (Å²) in [6.07, 6.45) is 10.5. The van der Waals surface area contributed by atoms with Gasteiger partial charge in [-0.3, -0.25) is 0 Å². The molecule has 2 saturated carbocycles. The van der Waals surface area contributed by atoms with Gasteiger partial charge in [-0.25, -0.2) is 0 Å². The van der Waals surface area contributed by atoms with E-state index in [0.29, 0.717) is 0 Å². The van der Waals surface area contributed by atoms with Gasteiger partial charge in [0.05, 0.1) is 0 Å². The molecule has 0 atom stereocenters. The molecule has 0 aromatic heterocycles. The predicted molar refractivity (Wildman–Crippen MR) is 30.7 cm³/mol. The molecule has 0 heterocycles. The zero-order chi connectivity index (χ0) is 4.69. The fourth-order valence-electron chi connectivity index (χ4n) is 1.33. The minimum absolute atomic E-state index is 0. The van der Waals surface area contributed by atoms with Crippen molar-refractivity contribution >= 4 is 0 Å². The maximum absolute atomic E-state index is 2.30. The summed E-state index contributed by atoms with van der Waals surface area (Å²) in [5.74, 6) is 1.62. The van der Waals surface area contributed by atoms with Crippen molar-refractivity contribution in [3.8, 4) is 0 Å². The van der Waals surface area contributed by atoms with E-state index < -0.39 is 0 Å². The molecule has 0 amide bonds. The molecular weight excluding hydrogens is 203 g/mol. The molecule has 2 aliphatic carbocycles. The van der Waals surface area contributed by atoms with Crippen LogP contribution in [0.1, 0.15) is 6.42 Å². The zero-order valence-electron chi connectivity index (χ0n) is 4.95. The molecule has 53 valence electrons. The van der Waals surface area contributed by atoms with Crippen LogP contribution in [0.4, 0.5) is 0 Å². The summed E-state index contributed by atoms with van der Waals surface area (Å²) in [7, 11) is 0. The molecule has 2 heteroatoms. The Morgan fingerprint density at radius 1 is 0.889 bits per heavy atom. The molecule has 1 nitrogen and oxygen atoms in total. The van der Waals surface area contributed by atoms with Crippen LogP contribution in [0.2, 0.25) is 0 Å². The average Bonchev–Trinajstić information content (AvgIpc) is 2.22. The van der Waals surface area contributed by atoms with Crippen molar-refractivity contribution in [2.75, 3.05) is 0 Å². The van der Waals surface area contributed by atoms with Gasteiger partial charge in [0, 0.05) is 19.5 Å². The third-order valence-electron chi connectivity index (χ3n) is 1.76. The zero-order valence-corrected chi connectivity index (χ0v) is 6.59. The SMILES string of the molecule is [CH]1[CH]C2[CH][CH]C1C2.[OH-].[Rh]. The number of hydrogen-bond donors (Lipinski definition) is 0. The number of fused-ring (bicyclic) bond motifs is 2. The van der Waals surface area contributed by atoms with Crippen molar-refractivity contribution in [1.29, 1.82) is 0 Å². The van der Waals surface area contributed by atoms with E-state index in [9.17, 15) is 0 Å². The topological polar surface area (TPSA) is 30.0 Å². The van der Waals surface area contributed by atoms with E-state index in [4.69, 9.17) is 0 Å². The maximum atomic E-state index is 2.30. The van der Waals surface area contributed by atoms with Crippen molar-refractivity contribution < 1.29 is 25.0 Å². The van der Waals surface area contributed by atoms with Crippen LogP contribution in [0.3, 0.4) is 0 Å². The summed E-state index contributed by atoms with van der Waals surface area (Å²) in [6.45, 7) is 0. The Morgan fingerprint density at radius 3 is 1.33 bits per heavy atom. The molecule has 2 aliphatic rings. The van der Waals surface area contributed by atoms with Crippen LogP contribution in [0, 0.1) is 37.5 Å². The van der Waals surface area contributed by atoms with Gasteiger partial charge in [-0.15, -0.1) is 0 Å². The summed E-state index contributed by atoms with van der Waals surface area (Å²) in [6, 6.07) is 0. The van der Waals surface area contributed by atoms with Crippen LogP contribution >= 0.6 is 0 Å². The Balaban J connectivity index is 0.000000320. The van der Waals surface area contributed by atoms with Crippen LogP contribution in [0.5, 0.6) is 0 Å². The first-order chi connectivity index (χ1) is 3.45. The largest absolute Gasteiger partial charge is 0.870 e. The standard InChI is InChI=1S/C7H8.H2O.Rh/c1-2-7-4-3-6(1)5-7;;/h1-4,6-7H,5H2;1H2;/p-1. The predicted octanol–water partition coefficient (Wildman–Crippen LogP) is 1.27. The Morgan fingerprint density at radius 2 is 1.22 bits per heavy atom. The van der Waals surface area contributed by atoms with Crippen molar-refractivity contribution in [2.45, 2.75) is 6.42 Å². The second kappa shape index (κ2) is 3.68. The molecule has 0 aromatic rings.